The molecule has 0 aliphatic heterocycles. The number of aryl methyl sites for hydroxylation is 1. The Labute approximate surface area is 117 Å². The van der Waals surface area contributed by atoms with Gasteiger partial charge in [-0.3, -0.25) is 9.78 Å². The highest BCUT2D eigenvalue weighted by molar-refractivity contribution is 5.98. The maximum Gasteiger partial charge on any atom is 0.253 e. The minimum absolute atomic E-state index is 0.134. The summed E-state index contributed by atoms with van der Waals surface area (Å²) in [5, 5.41) is 3.71. The van der Waals surface area contributed by atoms with Gasteiger partial charge in [-0.05, 0) is 25.1 Å². The van der Waals surface area contributed by atoms with E-state index in [0.717, 1.165) is 16.7 Å². The van der Waals surface area contributed by atoms with E-state index in [1.54, 1.807) is 14.2 Å². The maximum atomic E-state index is 12.1. The van der Waals surface area contributed by atoms with Gasteiger partial charge in [0.15, 0.2) is 0 Å². The average molecular weight is 274 g/mol. The Balaban J connectivity index is 2.30. The van der Waals surface area contributed by atoms with Gasteiger partial charge in [0.1, 0.15) is 5.75 Å². The fraction of sp³-hybridized carbons (Fsp3) is 0.333. The molecule has 0 unspecified atom stereocenters. The van der Waals surface area contributed by atoms with E-state index in [9.17, 15) is 4.79 Å². The monoisotopic (exact) mass is 274 g/mol. The first kappa shape index (κ1) is 14.3. The summed E-state index contributed by atoms with van der Waals surface area (Å²) in [6.45, 7) is 2.79. The number of benzene rings is 1. The molecule has 5 nitrogen and oxygen atoms in total. The Morgan fingerprint density at radius 2 is 2.10 bits per heavy atom. The Morgan fingerprint density at radius 3 is 2.80 bits per heavy atom. The van der Waals surface area contributed by atoms with Crippen molar-refractivity contribution in [2.75, 3.05) is 27.4 Å². The number of nitrogens with zero attached hydrogens (tertiary/aromatic N) is 1. The van der Waals surface area contributed by atoms with Crippen LogP contribution in [0.5, 0.6) is 5.75 Å². The predicted octanol–water partition coefficient (Wildman–Crippen LogP) is 1.93. The standard InChI is InChI=1S/C15H18N2O3/c1-10-13(15(18)16-6-7-19-2)8-11-4-5-12(20-3)9-14(11)17-10/h4-5,8-9H,6-7H2,1-3H3,(H,16,18). The summed E-state index contributed by atoms with van der Waals surface area (Å²) in [5.74, 6) is 0.617. The third-order valence-electron chi connectivity index (χ3n) is 3.05. The number of hydrogen-bond donors (Lipinski definition) is 1. The third kappa shape index (κ3) is 3.05. The van der Waals surface area contributed by atoms with Gasteiger partial charge in [-0.2, -0.15) is 0 Å². The van der Waals surface area contributed by atoms with E-state index >= 15 is 0 Å². The molecule has 1 N–H and O–H groups in total. The highest BCUT2D eigenvalue weighted by Gasteiger charge is 2.11. The SMILES string of the molecule is COCCNC(=O)c1cc2ccc(OC)cc2nc1C. The van der Waals surface area contributed by atoms with Crippen LogP contribution in [0, 0.1) is 6.92 Å². The summed E-state index contributed by atoms with van der Waals surface area (Å²) in [5.41, 5.74) is 2.09. The number of fused-ring (bicyclic) bond motifs is 1. The summed E-state index contributed by atoms with van der Waals surface area (Å²) in [6.07, 6.45) is 0. The molecule has 0 spiro atoms. The number of nitrogens with one attached hydrogen (secondary N) is 1. The van der Waals surface area contributed by atoms with Crippen molar-refractivity contribution in [2.24, 2.45) is 0 Å². The number of pyridine rings is 1. The zero-order chi connectivity index (χ0) is 14.5. The van der Waals surface area contributed by atoms with Gasteiger partial charge in [-0.15, -0.1) is 0 Å². The second-order valence-corrected chi connectivity index (χ2v) is 4.43. The molecule has 20 heavy (non-hydrogen) atoms. The highest BCUT2D eigenvalue weighted by Crippen LogP contribution is 2.21. The van der Waals surface area contributed by atoms with Crippen molar-refractivity contribution in [2.45, 2.75) is 6.92 Å². The first-order valence-corrected chi connectivity index (χ1v) is 6.38. The second kappa shape index (κ2) is 6.34. The van der Waals surface area contributed by atoms with Crippen LogP contribution in [0.3, 0.4) is 0 Å². The Hall–Kier alpha value is -2.14. The van der Waals surface area contributed by atoms with E-state index in [0.29, 0.717) is 24.4 Å². The number of amides is 1. The van der Waals surface area contributed by atoms with Gasteiger partial charge in [0, 0.05) is 25.1 Å². The van der Waals surface area contributed by atoms with Crippen molar-refractivity contribution in [3.8, 4) is 5.75 Å². The summed E-state index contributed by atoms with van der Waals surface area (Å²) in [7, 11) is 3.22. The second-order valence-electron chi connectivity index (χ2n) is 4.43. The number of ether oxygens (including phenoxy) is 2. The average Bonchev–Trinajstić information content (AvgIpc) is 2.46. The summed E-state index contributed by atoms with van der Waals surface area (Å²) < 4.78 is 10.1. The molecule has 0 aliphatic carbocycles. The molecule has 0 bridgehead atoms. The lowest BCUT2D eigenvalue weighted by Gasteiger charge is -2.09. The first-order valence-electron chi connectivity index (χ1n) is 6.38. The van der Waals surface area contributed by atoms with Crippen molar-refractivity contribution in [3.05, 3.63) is 35.5 Å². The lowest BCUT2D eigenvalue weighted by molar-refractivity contribution is 0.0936. The van der Waals surface area contributed by atoms with Gasteiger partial charge in [0.25, 0.3) is 5.91 Å². The predicted molar refractivity (Wildman–Crippen MR) is 77.2 cm³/mol. The number of methoxy groups -OCH3 is 2. The van der Waals surface area contributed by atoms with Crippen LogP contribution in [-0.4, -0.2) is 38.3 Å². The van der Waals surface area contributed by atoms with Crippen LogP contribution in [0.25, 0.3) is 10.9 Å². The van der Waals surface area contributed by atoms with Gasteiger partial charge < -0.3 is 14.8 Å². The molecule has 0 radical (unpaired) electrons. The van der Waals surface area contributed by atoms with Gasteiger partial charge in [-0.25, -0.2) is 0 Å². The highest BCUT2D eigenvalue weighted by atomic mass is 16.5. The molecule has 1 heterocycles. The Morgan fingerprint density at radius 1 is 1.30 bits per heavy atom. The molecule has 0 saturated heterocycles. The van der Waals surface area contributed by atoms with E-state index in [4.69, 9.17) is 9.47 Å². The normalized spacial score (nSPS) is 10.6. The molecule has 0 fully saturated rings. The molecule has 106 valence electrons. The number of carbonyl (C=O) groups is 1. The van der Waals surface area contributed by atoms with Gasteiger partial charge >= 0.3 is 0 Å². The first-order chi connectivity index (χ1) is 9.65. The largest absolute Gasteiger partial charge is 0.497 e. The smallest absolute Gasteiger partial charge is 0.253 e. The molecule has 0 atom stereocenters. The van der Waals surface area contributed by atoms with Crippen molar-refractivity contribution in [1.82, 2.24) is 10.3 Å². The van der Waals surface area contributed by atoms with Crippen LogP contribution >= 0.6 is 0 Å². The molecule has 1 amide bonds. The van der Waals surface area contributed by atoms with Crippen LogP contribution in [-0.2, 0) is 4.74 Å². The molecule has 2 aromatic rings. The number of rotatable bonds is 5. The molecule has 0 aliphatic rings. The van der Waals surface area contributed by atoms with Crippen molar-refractivity contribution in [3.63, 3.8) is 0 Å². The van der Waals surface area contributed by atoms with E-state index in [1.165, 1.54) is 0 Å². The molecule has 1 aromatic carbocycles. The summed E-state index contributed by atoms with van der Waals surface area (Å²) in [4.78, 5) is 16.5. The Kier molecular flexibility index (Phi) is 4.53. The van der Waals surface area contributed by atoms with Crippen LogP contribution < -0.4 is 10.1 Å². The van der Waals surface area contributed by atoms with Gasteiger partial charge in [0.2, 0.25) is 0 Å². The lowest BCUT2D eigenvalue weighted by Crippen LogP contribution is -2.27. The minimum Gasteiger partial charge on any atom is -0.497 e. The molecule has 5 heteroatoms. The van der Waals surface area contributed by atoms with Crippen molar-refractivity contribution < 1.29 is 14.3 Å². The molecule has 2 rings (SSSR count). The van der Waals surface area contributed by atoms with Crippen LogP contribution in [0.15, 0.2) is 24.3 Å². The Bertz CT molecular complexity index is 626. The van der Waals surface area contributed by atoms with Crippen LogP contribution in [0.1, 0.15) is 16.1 Å². The van der Waals surface area contributed by atoms with Crippen molar-refractivity contribution in [1.29, 1.82) is 0 Å². The topological polar surface area (TPSA) is 60.5 Å². The van der Waals surface area contributed by atoms with Gasteiger partial charge in [0.05, 0.1) is 30.5 Å². The molecular weight excluding hydrogens is 256 g/mol. The van der Waals surface area contributed by atoms with Gasteiger partial charge in [-0.1, -0.05) is 0 Å². The fourth-order valence-corrected chi connectivity index (χ4v) is 1.96. The van der Waals surface area contributed by atoms with E-state index in [-0.39, 0.29) is 5.91 Å². The van der Waals surface area contributed by atoms with Crippen molar-refractivity contribution >= 4 is 16.8 Å². The van der Waals surface area contributed by atoms with Crippen LogP contribution in [0.2, 0.25) is 0 Å². The van der Waals surface area contributed by atoms with Crippen LogP contribution in [0.4, 0.5) is 0 Å². The zero-order valence-corrected chi connectivity index (χ0v) is 11.9. The third-order valence-corrected chi connectivity index (χ3v) is 3.05. The van der Waals surface area contributed by atoms with E-state index in [2.05, 4.69) is 10.3 Å². The molecule has 0 saturated carbocycles. The fourth-order valence-electron chi connectivity index (χ4n) is 1.96. The number of aromatic nitrogens is 1. The quantitative estimate of drug-likeness (QED) is 0.846. The number of hydrogen-bond acceptors (Lipinski definition) is 4. The molecule has 1 aromatic heterocycles. The maximum absolute atomic E-state index is 12.1. The number of carbonyl (C=O) groups excluding carboxylic acids is 1. The molecular formula is C15H18N2O3. The minimum atomic E-state index is -0.134. The zero-order valence-electron chi connectivity index (χ0n) is 11.9. The summed E-state index contributed by atoms with van der Waals surface area (Å²) in [6, 6.07) is 7.45. The van der Waals surface area contributed by atoms with E-state index < -0.39 is 0 Å². The summed E-state index contributed by atoms with van der Waals surface area (Å²) >= 11 is 0. The van der Waals surface area contributed by atoms with E-state index in [1.807, 2.05) is 31.2 Å². The lowest BCUT2D eigenvalue weighted by atomic mass is 10.1.